The summed E-state index contributed by atoms with van der Waals surface area (Å²) in [6.07, 6.45) is 9.94. The molecule has 0 unspecified atom stereocenters. The van der Waals surface area contributed by atoms with Crippen LogP contribution < -0.4 is 0 Å². The Kier molecular flexibility index (Phi) is 6.13. The molecule has 0 saturated carbocycles. The van der Waals surface area contributed by atoms with Gasteiger partial charge in [0.25, 0.3) is 0 Å². The number of allylic oxidation sites excluding steroid dienone is 6. The van der Waals surface area contributed by atoms with Crippen LogP contribution in [0.2, 0.25) is 0 Å². The van der Waals surface area contributed by atoms with Crippen LogP contribution in [0.5, 0.6) is 0 Å². The summed E-state index contributed by atoms with van der Waals surface area (Å²) < 4.78 is 0. The Morgan fingerprint density at radius 3 is 2.52 bits per heavy atom. The van der Waals surface area contributed by atoms with Crippen molar-refractivity contribution in [3.63, 3.8) is 0 Å². The maximum absolute atomic E-state index is 12.3. The molecule has 1 rings (SSSR count). The van der Waals surface area contributed by atoms with Gasteiger partial charge in [-0.25, -0.2) is 0 Å². The van der Waals surface area contributed by atoms with Gasteiger partial charge in [-0.2, -0.15) is 0 Å². The molecule has 0 radical (unpaired) electrons. The number of Topliss-reactive ketones (excluding diaryl/α,β-unsaturated/α-hetero) is 1. The molecular formula is C18H27NO2. The molecule has 1 aliphatic carbocycles. The Hall–Kier alpha value is -1.64. The second-order valence-electron chi connectivity index (χ2n) is 6.80. The average molecular weight is 289 g/mol. The number of carbonyl (C=O) groups is 1. The van der Waals surface area contributed by atoms with Crippen molar-refractivity contribution in [3.8, 4) is 0 Å². The molecule has 0 amide bonds. The first-order valence-corrected chi connectivity index (χ1v) is 7.52. The Morgan fingerprint density at radius 2 is 2.00 bits per heavy atom. The lowest BCUT2D eigenvalue weighted by Gasteiger charge is -2.19. The summed E-state index contributed by atoms with van der Waals surface area (Å²) in [6, 6.07) is 0. The highest BCUT2D eigenvalue weighted by atomic mass is 16.6. The van der Waals surface area contributed by atoms with Crippen LogP contribution in [0.1, 0.15) is 47.5 Å². The molecule has 3 nitrogen and oxygen atoms in total. The van der Waals surface area contributed by atoms with Gasteiger partial charge in [0.15, 0.2) is 5.78 Å². The Labute approximate surface area is 128 Å². The van der Waals surface area contributed by atoms with Crippen molar-refractivity contribution in [3.05, 3.63) is 35.5 Å². The van der Waals surface area contributed by atoms with E-state index in [9.17, 15) is 4.79 Å². The van der Waals surface area contributed by atoms with Crippen LogP contribution in [0.3, 0.4) is 0 Å². The summed E-state index contributed by atoms with van der Waals surface area (Å²) in [5, 5.41) is 4.05. The quantitative estimate of drug-likeness (QED) is 0.701. The number of oxime groups is 1. The number of rotatable bonds is 5. The Morgan fingerprint density at radius 1 is 1.33 bits per heavy atom. The predicted octanol–water partition coefficient (Wildman–Crippen LogP) is 4.46. The normalized spacial score (nSPS) is 19.3. The first kappa shape index (κ1) is 17.4. The summed E-state index contributed by atoms with van der Waals surface area (Å²) >= 11 is 0. The highest BCUT2D eigenvalue weighted by molar-refractivity contribution is 6.17. The van der Waals surface area contributed by atoms with Gasteiger partial charge in [-0.1, -0.05) is 58.0 Å². The predicted molar refractivity (Wildman–Crippen MR) is 88.3 cm³/mol. The molecule has 0 saturated heterocycles. The number of ketones is 1. The van der Waals surface area contributed by atoms with Crippen molar-refractivity contribution in [2.24, 2.45) is 16.5 Å². The van der Waals surface area contributed by atoms with Crippen LogP contribution in [0.4, 0.5) is 0 Å². The van der Waals surface area contributed by atoms with E-state index in [-0.39, 0.29) is 5.78 Å². The van der Waals surface area contributed by atoms with Gasteiger partial charge in [0.05, 0.1) is 0 Å². The van der Waals surface area contributed by atoms with Gasteiger partial charge >= 0.3 is 0 Å². The molecule has 0 spiro atoms. The number of hydrogen-bond donors (Lipinski definition) is 0. The zero-order valence-electron chi connectivity index (χ0n) is 14.1. The van der Waals surface area contributed by atoms with Crippen molar-refractivity contribution in [1.29, 1.82) is 0 Å². The summed E-state index contributed by atoms with van der Waals surface area (Å²) in [5.74, 6) is 0.787. The first-order chi connectivity index (χ1) is 9.75. The number of carbonyl (C=O) groups excluding carboxylic acids is 1. The molecule has 3 heteroatoms. The molecule has 21 heavy (non-hydrogen) atoms. The molecule has 1 aliphatic rings. The lowest BCUT2D eigenvalue weighted by Crippen LogP contribution is -2.23. The van der Waals surface area contributed by atoms with Crippen molar-refractivity contribution in [2.45, 2.75) is 47.5 Å². The van der Waals surface area contributed by atoms with E-state index in [2.05, 4.69) is 25.1 Å². The third-order valence-electron chi connectivity index (χ3n) is 3.27. The van der Waals surface area contributed by atoms with Gasteiger partial charge in [0, 0.05) is 11.0 Å². The number of nitrogens with zero attached hydrogens (tertiary/aromatic N) is 1. The van der Waals surface area contributed by atoms with Crippen LogP contribution in [0, 0.1) is 11.3 Å². The van der Waals surface area contributed by atoms with E-state index >= 15 is 0 Å². The number of hydrogen-bond acceptors (Lipinski definition) is 3. The van der Waals surface area contributed by atoms with E-state index in [0.29, 0.717) is 11.5 Å². The highest BCUT2D eigenvalue weighted by Crippen LogP contribution is 2.24. The second-order valence-corrected chi connectivity index (χ2v) is 6.80. The molecule has 0 heterocycles. The Balaban J connectivity index is 2.97. The molecule has 0 atom stereocenters. The summed E-state index contributed by atoms with van der Waals surface area (Å²) in [4.78, 5) is 17.3. The van der Waals surface area contributed by atoms with E-state index < -0.39 is 5.41 Å². The molecular weight excluding hydrogens is 262 g/mol. The van der Waals surface area contributed by atoms with Crippen LogP contribution >= 0.6 is 0 Å². The third-order valence-corrected chi connectivity index (χ3v) is 3.27. The summed E-state index contributed by atoms with van der Waals surface area (Å²) in [6.45, 7) is 10.2. The van der Waals surface area contributed by atoms with E-state index in [0.717, 1.165) is 24.1 Å². The fraction of sp³-hybridized carbons (Fsp3) is 0.556. The van der Waals surface area contributed by atoms with Crippen LogP contribution in [0.25, 0.3) is 0 Å². The standard InChI is InChI=1S/C18H27NO2/c1-13(2)8-7-9-14-10-11-15(12-16(14)19-21-6)17(20)18(3,4)5/h9-13H,7-8H2,1-6H3/b14-9+,19-16-. The maximum atomic E-state index is 12.3. The molecule has 0 aromatic carbocycles. The van der Waals surface area contributed by atoms with Crippen molar-refractivity contribution in [1.82, 2.24) is 0 Å². The highest BCUT2D eigenvalue weighted by Gasteiger charge is 2.25. The second kappa shape index (κ2) is 7.39. The van der Waals surface area contributed by atoms with E-state index in [1.54, 1.807) is 0 Å². The van der Waals surface area contributed by atoms with E-state index in [1.807, 2.05) is 39.0 Å². The van der Waals surface area contributed by atoms with Crippen LogP contribution in [-0.2, 0) is 9.63 Å². The molecule has 0 aromatic rings. The molecule has 0 bridgehead atoms. The van der Waals surface area contributed by atoms with Crippen LogP contribution in [-0.4, -0.2) is 18.6 Å². The van der Waals surface area contributed by atoms with E-state index in [1.165, 1.54) is 7.11 Å². The monoisotopic (exact) mass is 289 g/mol. The minimum absolute atomic E-state index is 0.115. The van der Waals surface area contributed by atoms with Gasteiger partial charge in [-0.05, 0) is 30.4 Å². The van der Waals surface area contributed by atoms with E-state index in [4.69, 9.17) is 4.84 Å². The first-order valence-electron chi connectivity index (χ1n) is 7.52. The summed E-state index contributed by atoms with van der Waals surface area (Å²) in [5.41, 5.74) is 2.02. The van der Waals surface area contributed by atoms with Crippen molar-refractivity contribution >= 4 is 11.5 Å². The van der Waals surface area contributed by atoms with Crippen LogP contribution in [0.15, 0.2) is 40.6 Å². The fourth-order valence-corrected chi connectivity index (χ4v) is 2.04. The Bertz CT molecular complexity index is 500. The van der Waals surface area contributed by atoms with Gasteiger partial charge < -0.3 is 4.84 Å². The molecule has 0 aromatic heterocycles. The van der Waals surface area contributed by atoms with Gasteiger partial charge in [0.1, 0.15) is 12.8 Å². The lowest BCUT2D eigenvalue weighted by atomic mass is 9.83. The molecule has 0 N–H and O–H groups in total. The zero-order chi connectivity index (χ0) is 16.0. The van der Waals surface area contributed by atoms with Crippen molar-refractivity contribution < 1.29 is 9.63 Å². The fourth-order valence-electron chi connectivity index (χ4n) is 2.04. The zero-order valence-corrected chi connectivity index (χ0v) is 14.1. The third kappa shape index (κ3) is 5.33. The largest absolute Gasteiger partial charge is 0.399 e. The smallest absolute Gasteiger partial charge is 0.168 e. The molecule has 116 valence electrons. The van der Waals surface area contributed by atoms with Gasteiger partial charge in [-0.15, -0.1) is 0 Å². The average Bonchev–Trinajstić information content (AvgIpc) is 2.38. The minimum Gasteiger partial charge on any atom is -0.399 e. The topological polar surface area (TPSA) is 38.7 Å². The maximum Gasteiger partial charge on any atom is 0.168 e. The summed E-state index contributed by atoms with van der Waals surface area (Å²) in [7, 11) is 1.52. The van der Waals surface area contributed by atoms with Gasteiger partial charge in [0.2, 0.25) is 0 Å². The molecule has 0 fully saturated rings. The SMILES string of the molecule is CO/N=C1/C=C(C(=O)C(C)(C)C)C=C/C1=C\CCC(C)C. The van der Waals surface area contributed by atoms with Gasteiger partial charge in [-0.3, -0.25) is 4.79 Å². The lowest BCUT2D eigenvalue weighted by molar-refractivity contribution is -0.122. The van der Waals surface area contributed by atoms with Crippen molar-refractivity contribution in [2.75, 3.05) is 7.11 Å². The molecule has 0 aliphatic heterocycles. The minimum atomic E-state index is -0.396.